The van der Waals surface area contributed by atoms with Gasteiger partial charge in [-0.25, -0.2) is 8.42 Å². The topological polar surface area (TPSA) is 86.8 Å². The molecule has 39 heavy (non-hydrogen) atoms. The molecule has 0 fully saturated rings. The maximum Gasteiger partial charge on any atom is 0.264 e. The minimum absolute atomic E-state index is 0.0794. The van der Waals surface area contributed by atoms with Crippen LogP contribution in [0.1, 0.15) is 51.7 Å². The molecule has 208 valence electrons. The van der Waals surface area contributed by atoms with E-state index in [1.165, 1.54) is 17.0 Å². The fourth-order valence-electron chi connectivity index (χ4n) is 4.05. The first-order valence-corrected chi connectivity index (χ1v) is 15.2. The van der Waals surface area contributed by atoms with Crippen molar-refractivity contribution in [2.45, 2.75) is 64.1 Å². The molecule has 0 spiro atoms. The number of nitrogens with zero attached hydrogens (tertiary/aromatic N) is 2. The molecule has 0 unspecified atom stereocenters. The zero-order chi connectivity index (χ0) is 28.7. The summed E-state index contributed by atoms with van der Waals surface area (Å²) in [7, 11) is -4.08. The standard InChI is InChI=1S/C30H36BrN3O4S/c1-21(2)25-13-17-27(18-14-25)34(39(37,38)28-9-7-6-8-10-28)20-29(35)33(23(5)30(36)32-22(3)4)19-24-11-15-26(31)16-12-24/h6-18,21-23H,19-20H2,1-5H3,(H,32,36)/t23-/m0/s1. The highest BCUT2D eigenvalue weighted by molar-refractivity contribution is 9.10. The van der Waals surface area contributed by atoms with Crippen LogP contribution in [-0.4, -0.2) is 43.8 Å². The Bertz CT molecular complexity index is 1360. The minimum atomic E-state index is -4.08. The number of carbonyl (C=O) groups excluding carboxylic acids is 2. The SMILES string of the molecule is CC(C)NC(=O)[C@H](C)N(Cc1ccc(Br)cc1)C(=O)CN(c1ccc(C(C)C)cc1)S(=O)(=O)c1ccccc1. The van der Waals surface area contributed by atoms with Gasteiger partial charge in [0.2, 0.25) is 11.8 Å². The van der Waals surface area contributed by atoms with E-state index in [0.717, 1.165) is 19.9 Å². The summed E-state index contributed by atoms with van der Waals surface area (Å²) in [6.07, 6.45) is 0. The van der Waals surface area contributed by atoms with Gasteiger partial charge in [-0.05, 0) is 74.2 Å². The number of anilines is 1. The molecule has 7 nitrogen and oxygen atoms in total. The van der Waals surface area contributed by atoms with E-state index in [0.29, 0.717) is 5.69 Å². The summed E-state index contributed by atoms with van der Waals surface area (Å²) < 4.78 is 29.7. The first kappa shape index (κ1) is 30.4. The monoisotopic (exact) mass is 613 g/mol. The van der Waals surface area contributed by atoms with E-state index < -0.39 is 28.5 Å². The number of nitrogens with one attached hydrogen (secondary N) is 1. The first-order valence-electron chi connectivity index (χ1n) is 12.9. The van der Waals surface area contributed by atoms with E-state index in [2.05, 4.69) is 35.1 Å². The lowest BCUT2D eigenvalue weighted by Crippen LogP contribution is -2.52. The lowest BCUT2D eigenvalue weighted by Gasteiger charge is -2.32. The normalized spacial score (nSPS) is 12.3. The van der Waals surface area contributed by atoms with Gasteiger partial charge in [-0.3, -0.25) is 13.9 Å². The smallest absolute Gasteiger partial charge is 0.264 e. The van der Waals surface area contributed by atoms with Gasteiger partial charge in [0.05, 0.1) is 10.6 Å². The maximum absolute atomic E-state index is 13.9. The maximum atomic E-state index is 13.9. The second kappa shape index (κ2) is 13.3. The number of hydrogen-bond acceptors (Lipinski definition) is 4. The molecule has 0 aliphatic rings. The van der Waals surface area contributed by atoms with Gasteiger partial charge in [-0.2, -0.15) is 0 Å². The summed E-state index contributed by atoms with van der Waals surface area (Å²) in [5.41, 5.74) is 2.24. The molecule has 9 heteroatoms. The number of benzene rings is 3. The molecule has 3 aromatic rings. The van der Waals surface area contributed by atoms with Crippen LogP contribution in [0.2, 0.25) is 0 Å². The van der Waals surface area contributed by atoms with Crippen molar-refractivity contribution in [1.82, 2.24) is 10.2 Å². The molecular weight excluding hydrogens is 578 g/mol. The fraction of sp³-hybridized carbons (Fsp3) is 0.333. The molecule has 0 radical (unpaired) electrons. The van der Waals surface area contributed by atoms with Gasteiger partial charge in [0.25, 0.3) is 10.0 Å². The van der Waals surface area contributed by atoms with Crippen molar-refractivity contribution in [1.29, 1.82) is 0 Å². The molecule has 1 atom stereocenters. The number of hydrogen-bond donors (Lipinski definition) is 1. The fourth-order valence-corrected chi connectivity index (χ4v) is 5.75. The van der Waals surface area contributed by atoms with Crippen LogP contribution in [0.5, 0.6) is 0 Å². The summed E-state index contributed by atoms with van der Waals surface area (Å²) in [6, 6.07) is 21.7. The molecule has 0 saturated heterocycles. The molecule has 0 saturated carbocycles. The van der Waals surface area contributed by atoms with E-state index in [1.54, 1.807) is 37.3 Å². The Balaban J connectivity index is 2.02. The zero-order valence-electron chi connectivity index (χ0n) is 23.0. The Hall–Kier alpha value is -3.17. The molecule has 0 bridgehead atoms. The van der Waals surface area contributed by atoms with Crippen LogP contribution in [0.25, 0.3) is 0 Å². The minimum Gasteiger partial charge on any atom is -0.352 e. The van der Waals surface area contributed by atoms with Crippen molar-refractivity contribution in [2.24, 2.45) is 0 Å². The number of sulfonamides is 1. The van der Waals surface area contributed by atoms with E-state index in [1.807, 2.05) is 50.2 Å². The molecule has 0 aliphatic heterocycles. The van der Waals surface area contributed by atoms with Gasteiger partial charge in [0, 0.05) is 17.1 Å². The summed E-state index contributed by atoms with van der Waals surface area (Å²) in [5.74, 6) is -0.535. The molecular formula is C30H36BrN3O4S. The molecule has 0 aromatic heterocycles. The second-order valence-corrected chi connectivity index (χ2v) is 12.8. The van der Waals surface area contributed by atoms with E-state index in [4.69, 9.17) is 0 Å². The number of halogens is 1. The summed E-state index contributed by atoms with van der Waals surface area (Å²) in [4.78, 5) is 28.4. The Morgan fingerprint density at radius 3 is 1.97 bits per heavy atom. The average molecular weight is 615 g/mol. The highest BCUT2D eigenvalue weighted by Crippen LogP contribution is 2.26. The largest absolute Gasteiger partial charge is 0.352 e. The third kappa shape index (κ3) is 7.92. The molecule has 0 heterocycles. The summed E-state index contributed by atoms with van der Waals surface area (Å²) in [5, 5.41) is 2.86. The van der Waals surface area contributed by atoms with Crippen LogP contribution in [0, 0.1) is 0 Å². The third-order valence-corrected chi connectivity index (χ3v) is 8.64. The predicted molar refractivity (Wildman–Crippen MR) is 159 cm³/mol. The number of amides is 2. The lowest BCUT2D eigenvalue weighted by molar-refractivity contribution is -0.139. The van der Waals surface area contributed by atoms with E-state index in [9.17, 15) is 18.0 Å². The van der Waals surface area contributed by atoms with Crippen molar-refractivity contribution in [3.8, 4) is 0 Å². The van der Waals surface area contributed by atoms with Crippen molar-refractivity contribution in [3.05, 3.63) is 94.5 Å². The highest BCUT2D eigenvalue weighted by atomic mass is 79.9. The average Bonchev–Trinajstić information content (AvgIpc) is 2.91. The van der Waals surface area contributed by atoms with Gasteiger partial charge >= 0.3 is 0 Å². The van der Waals surface area contributed by atoms with Crippen molar-refractivity contribution >= 4 is 43.5 Å². The van der Waals surface area contributed by atoms with Crippen LogP contribution in [0.4, 0.5) is 5.69 Å². The summed E-state index contributed by atoms with van der Waals surface area (Å²) in [6.45, 7) is 9.14. The van der Waals surface area contributed by atoms with Gasteiger partial charge in [0.15, 0.2) is 0 Å². The van der Waals surface area contributed by atoms with Gasteiger partial charge in [0.1, 0.15) is 12.6 Å². The van der Waals surface area contributed by atoms with Gasteiger partial charge in [-0.1, -0.05) is 72.2 Å². The number of carbonyl (C=O) groups is 2. The molecule has 2 amide bonds. The Morgan fingerprint density at radius 2 is 1.44 bits per heavy atom. The molecule has 3 rings (SSSR count). The van der Waals surface area contributed by atoms with Crippen LogP contribution in [0.15, 0.2) is 88.2 Å². The second-order valence-electron chi connectivity index (χ2n) is 10.1. The van der Waals surface area contributed by atoms with Crippen LogP contribution >= 0.6 is 15.9 Å². The Kier molecular flexibility index (Phi) is 10.3. The van der Waals surface area contributed by atoms with Gasteiger partial charge in [-0.15, -0.1) is 0 Å². The van der Waals surface area contributed by atoms with Crippen LogP contribution in [-0.2, 0) is 26.2 Å². The first-order chi connectivity index (χ1) is 18.4. The van der Waals surface area contributed by atoms with Crippen LogP contribution in [0.3, 0.4) is 0 Å². The Morgan fingerprint density at radius 1 is 0.846 bits per heavy atom. The summed E-state index contributed by atoms with van der Waals surface area (Å²) >= 11 is 3.42. The van der Waals surface area contributed by atoms with E-state index in [-0.39, 0.29) is 29.3 Å². The van der Waals surface area contributed by atoms with Crippen molar-refractivity contribution in [3.63, 3.8) is 0 Å². The lowest BCUT2D eigenvalue weighted by atomic mass is 10.0. The zero-order valence-corrected chi connectivity index (χ0v) is 25.4. The van der Waals surface area contributed by atoms with Crippen LogP contribution < -0.4 is 9.62 Å². The third-order valence-electron chi connectivity index (χ3n) is 6.32. The quantitative estimate of drug-likeness (QED) is 0.300. The molecule has 1 N–H and O–H groups in total. The predicted octanol–water partition coefficient (Wildman–Crippen LogP) is 5.71. The molecule has 0 aliphatic carbocycles. The van der Waals surface area contributed by atoms with Crippen molar-refractivity contribution in [2.75, 3.05) is 10.8 Å². The Labute approximate surface area is 240 Å². The highest BCUT2D eigenvalue weighted by Gasteiger charge is 2.32. The van der Waals surface area contributed by atoms with E-state index >= 15 is 0 Å². The van der Waals surface area contributed by atoms with Gasteiger partial charge < -0.3 is 10.2 Å². The number of rotatable bonds is 11. The molecule has 3 aromatic carbocycles. The van der Waals surface area contributed by atoms with Crippen molar-refractivity contribution < 1.29 is 18.0 Å².